The first-order chi connectivity index (χ1) is 8.56. The number of aromatic nitrogens is 2. The third-order valence-corrected chi connectivity index (χ3v) is 3.39. The molecule has 6 nitrogen and oxygen atoms in total. The van der Waals surface area contributed by atoms with Crippen molar-refractivity contribution in [3.8, 4) is 0 Å². The van der Waals surface area contributed by atoms with Crippen LogP contribution in [-0.2, 0) is 11.3 Å². The Kier molecular flexibility index (Phi) is 3.96. The van der Waals surface area contributed by atoms with Gasteiger partial charge in [0, 0.05) is 25.9 Å². The molecule has 100 valence electrons. The maximum atomic E-state index is 12.2. The Morgan fingerprint density at radius 3 is 2.94 bits per heavy atom. The number of carbonyl (C=O) groups excluding carboxylic acids is 1. The zero-order valence-electron chi connectivity index (χ0n) is 10.9. The van der Waals surface area contributed by atoms with Gasteiger partial charge in [-0.2, -0.15) is 4.98 Å². The number of rotatable bonds is 3. The van der Waals surface area contributed by atoms with Gasteiger partial charge in [-0.3, -0.25) is 4.79 Å². The number of amides is 1. The molecule has 6 heteroatoms. The van der Waals surface area contributed by atoms with Gasteiger partial charge in [0.15, 0.2) is 5.82 Å². The molecular weight excluding hydrogens is 232 g/mol. The van der Waals surface area contributed by atoms with Crippen molar-refractivity contribution in [1.29, 1.82) is 0 Å². The van der Waals surface area contributed by atoms with Gasteiger partial charge in [0.05, 0.1) is 6.54 Å². The van der Waals surface area contributed by atoms with Crippen molar-refractivity contribution in [1.82, 2.24) is 15.0 Å². The highest BCUT2D eigenvalue weighted by Crippen LogP contribution is 2.24. The van der Waals surface area contributed by atoms with Crippen LogP contribution < -0.4 is 5.73 Å². The molecule has 2 atom stereocenters. The number of nitrogens with two attached hydrogens (primary N) is 1. The molecule has 1 amide bonds. The predicted octanol–water partition coefficient (Wildman–Crippen LogP) is 0.854. The van der Waals surface area contributed by atoms with Crippen LogP contribution in [0.15, 0.2) is 4.52 Å². The topological polar surface area (TPSA) is 85.2 Å². The van der Waals surface area contributed by atoms with Crippen LogP contribution in [0, 0.1) is 12.8 Å². The van der Waals surface area contributed by atoms with E-state index in [1.807, 2.05) is 0 Å². The van der Waals surface area contributed by atoms with Crippen LogP contribution in [0.25, 0.3) is 0 Å². The molecule has 1 aromatic heterocycles. The van der Waals surface area contributed by atoms with Crippen LogP contribution in [0.1, 0.15) is 37.4 Å². The monoisotopic (exact) mass is 252 g/mol. The molecule has 1 aromatic rings. The highest BCUT2D eigenvalue weighted by atomic mass is 16.5. The number of hydrogen-bond donors (Lipinski definition) is 1. The lowest BCUT2D eigenvalue weighted by Crippen LogP contribution is -2.38. The molecule has 2 N–H and O–H groups in total. The Morgan fingerprint density at radius 2 is 2.33 bits per heavy atom. The molecule has 1 saturated carbocycles. The van der Waals surface area contributed by atoms with E-state index in [2.05, 4.69) is 10.1 Å². The van der Waals surface area contributed by atoms with E-state index < -0.39 is 0 Å². The minimum Gasteiger partial charge on any atom is -0.340 e. The number of nitrogens with zero attached hydrogens (tertiary/aromatic N) is 3. The molecular formula is C12H20N4O2. The van der Waals surface area contributed by atoms with Crippen LogP contribution in [0.2, 0.25) is 0 Å². The van der Waals surface area contributed by atoms with E-state index in [9.17, 15) is 4.79 Å². The van der Waals surface area contributed by atoms with Crippen molar-refractivity contribution in [3.63, 3.8) is 0 Å². The third kappa shape index (κ3) is 3.07. The van der Waals surface area contributed by atoms with Gasteiger partial charge < -0.3 is 15.2 Å². The minimum absolute atomic E-state index is 0.0479. The highest BCUT2D eigenvalue weighted by molar-refractivity contribution is 5.78. The molecule has 1 heterocycles. The standard InChI is InChI=1S/C12H20N4O2/c1-8-14-11(15-18-8)7-16(2)12(17)9-4-3-5-10(13)6-9/h9-10H,3-7,13H2,1-2H3. The summed E-state index contributed by atoms with van der Waals surface area (Å²) in [5.41, 5.74) is 5.91. The maximum Gasteiger partial charge on any atom is 0.225 e. The third-order valence-electron chi connectivity index (χ3n) is 3.39. The molecule has 1 aliphatic rings. The lowest BCUT2D eigenvalue weighted by molar-refractivity contribution is -0.136. The Labute approximate surface area is 107 Å². The Bertz CT molecular complexity index is 418. The fraction of sp³-hybridized carbons (Fsp3) is 0.750. The van der Waals surface area contributed by atoms with E-state index in [1.54, 1.807) is 18.9 Å². The summed E-state index contributed by atoms with van der Waals surface area (Å²) in [5, 5.41) is 3.79. The summed E-state index contributed by atoms with van der Waals surface area (Å²) in [7, 11) is 1.77. The zero-order chi connectivity index (χ0) is 13.1. The van der Waals surface area contributed by atoms with E-state index in [0.717, 1.165) is 25.7 Å². The minimum atomic E-state index is 0.0479. The van der Waals surface area contributed by atoms with Crippen LogP contribution in [0.4, 0.5) is 0 Å². The first-order valence-electron chi connectivity index (χ1n) is 6.36. The molecule has 0 aromatic carbocycles. The number of aryl methyl sites for hydroxylation is 1. The number of hydrogen-bond acceptors (Lipinski definition) is 5. The van der Waals surface area contributed by atoms with Gasteiger partial charge >= 0.3 is 0 Å². The van der Waals surface area contributed by atoms with Gasteiger partial charge in [0.25, 0.3) is 0 Å². The van der Waals surface area contributed by atoms with Gasteiger partial charge in [-0.05, 0) is 19.3 Å². The molecule has 0 saturated heterocycles. The fourth-order valence-electron chi connectivity index (χ4n) is 2.46. The van der Waals surface area contributed by atoms with Crippen molar-refractivity contribution in [2.24, 2.45) is 11.7 Å². The number of carbonyl (C=O) groups is 1. The molecule has 0 aliphatic heterocycles. The van der Waals surface area contributed by atoms with Crippen LogP contribution in [0.5, 0.6) is 0 Å². The van der Waals surface area contributed by atoms with Crippen LogP contribution in [-0.4, -0.2) is 34.0 Å². The van der Waals surface area contributed by atoms with Crippen LogP contribution >= 0.6 is 0 Å². The maximum absolute atomic E-state index is 12.2. The quantitative estimate of drug-likeness (QED) is 0.862. The van der Waals surface area contributed by atoms with Gasteiger partial charge in [-0.1, -0.05) is 11.6 Å². The summed E-state index contributed by atoms with van der Waals surface area (Å²) in [5.74, 6) is 1.24. The van der Waals surface area contributed by atoms with E-state index in [-0.39, 0.29) is 17.9 Å². The van der Waals surface area contributed by atoms with Crippen molar-refractivity contribution >= 4 is 5.91 Å². The highest BCUT2D eigenvalue weighted by Gasteiger charge is 2.28. The van der Waals surface area contributed by atoms with Gasteiger partial charge in [0.2, 0.25) is 11.8 Å². The van der Waals surface area contributed by atoms with Crippen molar-refractivity contribution in [2.45, 2.75) is 45.2 Å². The summed E-state index contributed by atoms with van der Waals surface area (Å²) >= 11 is 0. The normalized spacial score (nSPS) is 23.9. The smallest absolute Gasteiger partial charge is 0.225 e. The summed E-state index contributed by atoms with van der Waals surface area (Å²) in [6.45, 7) is 2.13. The van der Waals surface area contributed by atoms with Crippen molar-refractivity contribution < 1.29 is 9.32 Å². The van der Waals surface area contributed by atoms with Gasteiger partial charge in [0.1, 0.15) is 0 Å². The molecule has 1 aliphatic carbocycles. The summed E-state index contributed by atoms with van der Waals surface area (Å²) < 4.78 is 4.89. The zero-order valence-corrected chi connectivity index (χ0v) is 10.9. The first kappa shape index (κ1) is 13.0. The molecule has 0 bridgehead atoms. The summed E-state index contributed by atoms with van der Waals surface area (Å²) in [6, 6.07) is 0.161. The molecule has 0 spiro atoms. The summed E-state index contributed by atoms with van der Waals surface area (Å²) in [6.07, 6.45) is 3.78. The Balaban J connectivity index is 1.91. The largest absolute Gasteiger partial charge is 0.340 e. The van der Waals surface area contributed by atoms with Crippen LogP contribution in [0.3, 0.4) is 0 Å². The van der Waals surface area contributed by atoms with E-state index in [4.69, 9.17) is 10.3 Å². The average Bonchev–Trinajstić information content (AvgIpc) is 2.73. The fourth-order valence-corrected chi connectivity index (χ4v) is 2.46. The second kappa shape index (κ2) is 5.48. The Hall–Kier alpha value is -1.43. The molecule has 0 radical (unpaired) electrons. The van der Waals surface area contributed by atoms with Crippen molar-refractivity contribution in [2.75, 3.05) is 7.05 Å². The molecule has 2 rings (SSSR count). The van der Waals surface area contributed by atoms with Gasteiger partial charge in [-0.15, -0.1) is 0 Å². The van der Waals surface area contributed by atoms with Gasteiger partial charge in [-0.25, -0.2) is 0 Å². The van der Waals surface area contributed by atoms with E-state index in [0.29, 0.717) is 18.3 Å². The molecule has 2 unspecified atom stereocenters. The average molecular weight is 252 g/mol. The van der Waals surface area contributed by atoms with E-state index >= 15 is 0 Å². The summed E-state index contributed by atoms with van der Waals surface area (Å²) in [4.78, 5) is 18.0. The lowest BCUT2D eigenvalue weighted by atomic mass is 9.85. The first-order valence-corrected chi connectivity index (χ1v) is 6.36. The predicted molar refractivity (Wildman–Crippen MR) is 65.4 cm³/mol. The SMILES string of the molecule is Cc1nc(CN(C)C(=O)C2CCCC(N)C2)no1. The second-order valence-corrected chi connectivity index (χ2v) is 5.05. The Morgan fingerprint density at radius 1 is 1.56 bits per heavy atom. The lowest BCUT2D eigenvalue weighted by Gasteiger charge is -2.28. The van der Waals surface area contributed by atoms with Crippen molar-refractivity contribution in [3.05, 3.63) is 11.7 Å². The van der Waals surface area contributed by atoms with E-state index in [1.165, 1.54) is 0 Å². The molecule has 18 heavy (non-hydrogen) atoms. The second-order valence-electron chi connectivity index (χ2n) is 5.05. The molecule has 1 fully saturated rings.